The lowest BCUT2D eigenvalue weighted by molar-refractivity contribution is -0.138. The van der Waals surface area contributed by atoms with Crippen LogP contribution in [0.5, 0.6) is 0 Å². The maximum absolute atomic E-state index is 13.0. The van der Waals surface area contributed by atoms with Crippen molar-refractivity contribution < 1.29 is 22.7 Å². The Morgan fingerprint density at radius 1 is 1.00 bits per heavy atom. The number of carbonyl (C=O) groups is 1. The Morgan fingerprint density at radius 3 is 2.14 bits per heavy atom. The molecule has 2 aromatic rings. The minimum Gasteiger partial charge on any atom is -0.481 e. The Kier molecular flexibility index (Phi) is 3.48. The van der Waals surface area contributed by atoms with Gasteiger partial charge in [-0.05, 0) is 29.8 Å². The summed E-state index contributed by atoms with van der Waals surface area (Å²) < 4.78 is 38.2. The van der Waals surface area contributed by atoms with Gasteiger partial charge in [0, 0.05) is 5.92 Å². The van der Waals surface area contributed by atoms with Gasteiger partial charge < -0.3 is 5.11 Å². The van der Waals surface area contributed by atoms with Crippen molar-refractivity contribution in [1.29, 1.82) is 0 Å². The molecule has 6 heteroatoms. The van der Waals surface area contributed by atoms with Crippen LogP contribution in [-0.2, 0) is 14.6 Å². The van der Waals surface area contributed by atoms with Gasteiger partial charge in [-0.15, -0.1) is 0 Å². The van der Waals surface area contributed by atoms with Crippen molar-refractivity contribution in [3.05, 3.63) is 66.0 Å². The van der Waals surface area contributed by atoms with E-state index in [1.807, 2.05) is 0 Å². The SMILES string of the molecule is O=C(O)C1C(c2ccc(F)cc2)C1S(=O)(=O)c1ccccc1. The van der Waals surface area contributed by atoms with Crippen LogP contribution in [0.4, 0.5) is 4.39 Å². The van der Waals surface area contributed by atoms with Crippen LogP contribution >= 0.6 is 0 Å². The topological polar surface area (TPSA) is 71.4 Å². The second-order valence-corrected chi connectivity index (χ2v) is 7.37. The molecule has 4 nitrogen and oxygen atoms in total. The molecule has 1 aliphatic carbocycles. The van der Waals surface area contributed by atoms with E-state index < -0.39 is 38.7 Å². The predicted molar refractivity (Wildman–Crippen MR) is 77.7 cm³/mol. The van der Waals surface area contributed by atoms with E-state index in [0.29, 0.717) is 5.56 Å². The molecule has 3 rings (SSSR count). The van der Waals surface area contributed by atoms with E-state index in [1.54, 1.807) is 18.2 Å². The highest BCUT2D eigenvalue weighted by Gasteiger charge is 2.63. The summed E-state index contributed by atoms with van der Waals surface area (Å²) in [6.07, 6.45) is 0. The number of halogens is 1. The lowest BCUT2D eigenvalue weighted by Gasteiger charge is -2.03. The average Bonchev–Trinajstić information content (AvgIpc) is 3.25. The van der Waals surface area contributed by atoms with Crippen molar-refractivity contribution in [1.82, 2.24) is 0 Å². The summed E-state index contributed by atoms with van der Waals surface area (Å²) in [7, 11) is -3.74. The van der Waals surface area contributed by atoms with Gasteiger partial charge in [-0.25, -0.2) is 12.8 Å². The summed E-state index contributed by atoms with van der Waals surface area (Å²) >= 11 is 0. The van der Waals surface area contributed by atoms with Gasteiger partial charge in [0.2, 0.25) is 0 Å². The number of rotatable bonds is 4. The molecular weight excluding hydrogens is 307 g/mol. The van der Waals surface area contributed by atoms with Crippen LogP contribution in [-0.4, -0.2) is 24.7 Å². The third-order valence-corrected chi connectivity index (χ3v) is 6.16. The molecule has 0 radical (unpaired) electrons. The fraction of sp³-hybridized carbons (Fsp3) is 0.188. The van der Waals surface area contributed by atoms with Crippen molar-refractivity contribution in [2.24, 2.45) is 5.92 Å². The van der Waals surface area contributed by atoms with Crippen LogP contribution in [0.15, 0.2) is 59.5 Å². The molecule has 1 aliphatic rings. The van der Waals surface area contributed by atoms with E-state index in [2.05, 4.69) is 0 Å². The maximum atomic E-state index is 13.0. The molecule has 0 saturated heterocycles. The molecule has 3 unspecified atom stereocenters. The molecule has 114 valence electrons. The second-order valence-electron chi connectivity index (χ2n) is 5.26. The molecular formula is C16H13FO4S. The number of hydrogen-bond donors (Lipinski definition) is 1. The molecule has 1 fully saturated rings. The molecule has 1 N–H and O–H groups in total. The van der Waals surface area contributed by atoms with Gasteiger partial charge in [-0.3, -0.25) is 4.79 Å². The van der Waals surface area contributed by atoms with E-state index >= 15 is 0 Å². The fourth-order valence-corrected chi connectivity index (χ4v) is 4.96. The van der Waals surface area contributed by atoms with Gasteiger partial charge >= 0.3 is 5.97 Å². The minimum absolute atomic E-state index is 0.107. The molecule has 0 aromatic heterocycles. The van der Waals surface area contributed by atoms with E-state index in [1.165, 1.54) is 36.4 Å². The summed E-state index contributed by atoms with van der Waals surface area (Å²) in [4.78, 5) is 11.5. The van der Waals surface area contributed by atoms with Gasteiger partial charge in [0.25, 0.3) is 0 Å². The molecule has 0 heterocycles. The van der Waals surface area contributed by atoms with Crippen molar-refractivity contribution >= 4 is 15.8 Å². The van der Waals surface area contributed by atoms with E-state index in [9.17, 15) is 22.7 Å². The molecule has 3 atom stereocenters. The van der Waals surface area contributed by atoms with Crippen LogP contribution in [0.1, 0.15) is 11.5 Å². The summed E-state index contributed by atoms with van der Waals surface area (Å²) in [5.41, 5.74) is 0.526. The van der Waals surface area contributed by atoms with Crippen LogP contribution < -0.4 is 0 Å². The number of hydrogen-bond acceptors (Lipinski definition) is 3. The van der Waals surface area contributed by atoms with Crippen LogP contribution in [0.3, 0.4) is 0 Å². The number of aliphatic carboxylic acids is 1. The van der Waals surface area contributed by atoms with Crippen LogP contribution in [0.25, 0.3) is 0 Å². The Balaban J connectivity index is 1.99. The lowest BCUT2D eigenvalue weighted by Crippen LogP contribution is -2.13. The number of carboxylic acids is 1. The Labute approximate surface area is 127 Å². The van der Waals surface area contributed by atoms with Gasteiger partial charge in [0.05, 0.1) is 16.1 Å². The Morgan fingerprint density at radius 2 is 1.59 bits per heavy atom. The van der Waals surface area contributed by atoms with E-state index in [-0.39, 0.29) is 4.90 Å². The summed E-state index contributed by atoms with van der Waals surface area (Å²) in [6, 6.07) is 13.1. The van der Waals surface area contributed by atoms with Crippen molar-refractivity contribution in [3.8, 4) is 0 Å². The third-order valence-electron chi connectivity index (χ3n) is 3.92. The first-order valence-electron chi connectivity index (χ1n) is 6.70. The molecule has 0 spiro atoms. The maximum Gasteiger partial charge on any atom is 0.308 e. The largest absolute Gasteiger partial charge is 0.481 e. The highest BCUT2D eigenvalue weighted by molar-refractivity contribution is 7.92. The monoisotopic (exact) mass is 320 g/mol. The number of carboxylic acid groups (broad SMARTS) is 1. The zero-order valence-electron chi connectivity index (χ0n) is 11.4. The third kappa shape index (κ3) is 2.39. The number of sulfone groups is 1. The van der Waals surface area contributed by atoms with Gasteiger partial charge in [-0.1, -0.05) is 30.3 Å². The molecule has 0 bridgehead atoms. The Hall–Kier alpha value is -2.21. The first-order valence-corrected chi connectivity index (χ1v) is 8.25. The van der Waals surface area contributed by atoms with Crippen molar-refractivity contribution in [2.75, 3.05) is 0 Å². The predicted octanol–water partition coefficient (Wildman–Crippen LogP) is 2.47. The zero-order valence-corrected chi connectivity index (χ0v) is 12.2. The fourth-order valence-electron chi connectivity index (χ4n) is 2.81. The summed E-state index contributed by atoms with van der Waals surface area (Å²) in [5.74, 6) is -3.25. The van der Waals surface area contributed by atoms with Gasteiger partial charge in [0.1, 0.15) is 5.82 Å². The highest BCUT2D eigenvalue weighted by atomic mass is 32.2. The van der Waals surface area contributed by atoms with Crippen molar-refractivity contribution in [2.45, 2.75) is 16.1 Å². The first kappa shape index (κ1) is 14.7. The Bertz CT molecular complexity index is 800. The average molecular weight is 320 g/mol. The van der Waals surface area contributed by atoms with Crippen LogP contribution in [0, 0.1) is 11.7 Å². The standard InChI is InChI=1S/C16H13FO4S/c17-11-8-6-10(7-9-11)13-14(16(18)19)15(13)22(20,21)12-4-2-1-3-5-12/h1-9,13-15H,(H,18,19). The highest BCUT2D eigenvalue weighted by Crippen LogP contribution is 2.54. The molecule has 1 saturated carbocycles. The molecule has 0 amide bonds. The first-order chi connectivity index (χ1) is 10.4. The minimum atomic E-state index is -3.74. The quantitative estimate of drug-likeness (QED) is 0.939. The molecule has 2 aromatic carbocycles. The zero-order chi connectivity index (χ0) is 15.9. The van der Waals surface area contributed by atoms with Gasteiger partial charge in [0.15, 0.2) is 9.84 Å². The smallest absolute Gasteiger partial charge is 0.308 e. The number of benzene rings is 2. The lowest BCUT2D eigenvalue weighted by atomic mass is 10.1. The van der Waals surface area contributed by atoms with E-state index in [0.717, 1.165) is 0 Å². The second kappa shape index (κ2) is 5.21. The molecule has 0 aliphatic heterocycles. The normalized spacial score (nSPS) is 24.0. The summed E-state index contributed by atoms with van der Waals surface area (Å²) in [5, 5.41) is 8.27. The molecule has 22 heavy (non-hydrogen) atoms. The van der Waals surface area contributed by atoms with Crippen LogP contribution in [0.2, 0.25) is 0 Å². The van der Waals surface area contributed by atoms with E-state index in [4.69, 9.17) is 0 Å². The van der Waals surface area contributed by atoms with Gasteiger partial charge in [-0.2, -0.15) is 0 Å². The van der Waals surface area contributed by atoms with Crippen molar-refractivity contribution in [3.63, 3.8) is 0 Å². The summed E-state index contributed by atoms with van der Waals surface area (Å²) in [6.45, 7) is 0.